The first-order valence-electron chi connectivity index (χ1n) is 10.5. The molecule has 174 valence electrons. The Balaban J connectivity index is 2.20. The summed E-state index contributed by atoms with van der Waals surface area (Å²) in [5.74, 6) is 0.0331. The molecule has 9 heteroatoms. The van der Waals surface area contributed by atoms with E-state index < -0.39 is 6.04 Å². The van der Waals surface area contributed by atoms with Gasteiger partial charge >= 0.3 is 0 Å². The molecule has 4 N–H and O–H groups in total. The highest BCUT2D eigenvalue weighted by atomic mass is 35.5. The molecular formula is C23H31Cl2N5O2. The Bertz CT molecular complexity index is 921. The van der Waals surface area contributed by atoms with Gasteiger partial charge in [0.15, 0.2) is 0 Å². The average molecular weight is 480 g/mol. The molecule has 0 saturated heterocycles. The van der Waals surface area contributed by atoms with Crippen LogP contribution in [0.3, 0.4) is 0 Å². The molecule has 1 aromatic carbocycles. The third-order valence-electron chi connectivity index (χ3n) is 5.38. The fourth-order valence-corrected chi connectivity index (χ4v) is 3.77. The lowest BCUT2D eigenvalue weighted by atomic mass is 9.96. The van der Waals surface area contributed by atoms with Gasteiger partial charge in [-0.3, -0.25) is 14.5 Å². The number of benzene rings is 1. The molecule has 2 rings (SSSR count). The van der Waals surface area contributed by atoms with Gasteiger partial charge in [0.1, 0.15) is 11.9 Å². The number of rotatable bonds is 10. The Morgan fingerprint density at radius 2 is 1.78 bits per heavy atom. The molecule has 1 aromatic heterocycles. The van der Waals surface area contributed by atoms with Crippen molar-refractivity contribution in [2.45, 2.75) is 45.3 Å². The number of aromatic nitrogens is 1. The number of nitrogens with zero attached hydrogens (tertiary/aromatic N) is 2. The van der Waals surface area contributed by atoms with Crippen LogP contribution in [0.4, 0.5) is 5.82 Å². The minimum Gasteiger partial charge on any atom is -0.384 e. The van der Waals surface area contributed by atoms with Crippen LogP contribution in [0.2, 0.25) is 10.0 Å². The lowest BCUT2D eigenvalue weighted by Gasteiger charge is -2.30. The number of halogens is 2. The molecular weight excluding hydrogens is 449 g/mol. The molecule has 0 saturated carbocycles. The van der Waals surface area contributed by atoms with Crippen LogP contribution in [-0.2, 0) is 22.6 Å². The number of anilines is 1. The van der Waals surface area contributed by atoms with Crippen molar-refractivity contribution in [2.24, 2.45) is 5.92 Å². The van der Waals surface area contributed by atoms with E-state index >= 15 is 0 Å². The van der Waals surface area contributed by atoms with Crippen molar-refractivity contribution in [3.05, 3.63) is 57.7 Å². The maximum absolute atomic E-state index is 13.1. The molecule has 1 unspecified atom stereocenters. The van der Waals surface area contributed by atoms with Gasteiger partial charge in [0, 0.05) is 19.2 Å². The minimum absolute atomic E-state index is 0.125. The van der Waals surface area contributed by atoms with Crippen molar-refractivity contribution in [1.82, 2.24) is 20.5 Å². The first-order valence-corrected chi connectivity index (χ1v) is 11.3. The summed E-state index contributed by atoms with van der Waals surface area (Å²) >= 11 is 12.2. The smallest absolute Gasteiger partial charge is 0.243 e. The van der Waals surface area contributed by atoms with E-state index in [4.69, 9.17) is 28.9 Å². The van der Waals surface area contributed by atoms with Gasteiger partial charge in [-0.05, 0) is 49.3 Å². The molecule has 0 aliphatic heterocycles. The van der Waals surface area contributed by atoms with Crippen molar-refractivity contribution in [3.63, 3.8) is 0 Å². The van der Waals surface area contributed by atoms with Crippen LogP contribution in [0.25, 0.3) is 0 Å². The van der Waals surface area contributed by atoms with Gasteiger partial charge in [-0.2, -0.15) is 0 Å². The number of nitrogens with one attached hydrogen (secondary N) is 2. The first-order chi connectivity index (χ1) is 15.1. The highest BCUT2D eigenvalue weighted by Crippen LogP contribution is 2.23. The summed E-state index contributed by atoms with van der Waals surface area (Å²) in [5, 5.41) is 6.64. The molecule has 3 atom stereocenters. The second-order valence-corrected chi connectivity index (χ2v) is 8.93. The topological polar surface area (TPSA) is 100 Å². The molecule has 0 fully saturated rings. The number of amides is 2. The van der Waals surface area contributed by atoms with Crippen LogP contribution in [0.15, 0.2) is 36.5 Å². The largest absolute Gasteiger partial charge is 0.384 e. The van der Waals surface area contributed by atoms with E-state index in [9.17, 15) is 9.59 Å². The zero-order valence-corrected chi connectivity index (χ0v) is 20.4. The molecule has 2 amide bonds. The number of nitrogens with two attached hydrogens (primary N) is 1. The zero-order chi connectivity index (χ0) is 23.8. The van der Waals surface area contributed by atoms with Gasteiger partial charge < -0.3 is 16.4 Å². The first kappa shape index (κ1) is 25.9. The second kappa shape index (κ2) is 12.0. The predicted octanol–water partition coefficient (Wildman–Crippen LogP) is 3.29. The number of nitrogen functional groups attached to an aromatic ring is 1. The van der Waals surface area contributed by atoms with E-state index in [1.165, 1.54) is 0 Å². The average Bonchev–Trinajstić information content (AvgIpc) is 2.74. The van der Waals surface area contributed by atoms with Crippen molar-refractivity contribution in [3.8, 4) is 0 Å². The van der Waals surface area contributed by atoms with Crippen LogP contribution in [0, 0.1) is 5.92 Å². The van der Waals surface area contributed by atoms with E-state index in [1.54, 1.807) is 36.5 Å². The Kier molecular flexibility index (Phi) is 9.75. The molecule has 0 radical (unpaired) electrons. The zero-order valence-electron chi connectivity index (χ0n) is 18.9. The molecule has 0 aliphatic rings. The van der Waals surface area contributed by atoms with E-state index in [0.29, 0.717) is 15.9 Å². The van der Waals surface area contributed by atoms with Crippen LogP contribution in [0.5, 0.6) is 0 Å². The number of pyridine rings is 1. The van der Waals surface area contributed by atoms with Gasteiger partial charge in [0.2, 0.25) is 11.8 Å². The molecule has 0 spiro atoms. The van der Waals surface area contributed by atoms with E-state index in [2.05, 4.69) is 15.6 Å². The van der Waals surface area contributed by atoms with E-state index in [0.717, 1.165) is 17.5 Å². The van der Waals surface area contributed by atoms with Crippen LogP contribution in [0.1, 0.15) is 31.4 Å². The number of likely N-dealkylation sites (N-methyl/N-ethyl adjacent to an activating group) is 1. The number of carbonyl (C=O) groups is 2. The number of carbonyl (C=O) groups excluding carboxylic acids is 2. The Morgan fingerprint density at radius 1 is 1.09 bits per heavy atom. The quantitative estimate of drug-likeness (QED) is 0.485. The summed E-state index contributed by atoms with van der Waals surface area (Å²) in [6.45, 7) is 4.32. The van der Waals surface area contributed by atoms with E-state index in [-0.39, 0.29) is 36.7 Å². The summed E-state index contributed by atoms with van der Waals surface area (Å²) in [6.07, 6.45) is 2.71. The summed E-state index contributed by atoms with van der Waals surface area (Å²) in [6, 6.07) is 7.50. The second-order valence-electron chi connectivity index (χ2n) is 8.12. The number of hydrogen-bond acceptors (Lipinski definition) is 5. The van der Waals surface area contributed by atoms with Crippen molar-refractivity contribution >= 4 is 40.8 Å². The van der Waals surface area contributed by atoms with Crippen molar-refractivity contribution in [1.29, 1.82) is 0 Å². The Labute approximate surface area is 199 Å². The standard InChI is InChI=1S/C23H31Cl2N5O2/c1-5-14(2)21(30(3)4)23(32)29-19(11-15-6-8-17(24)18(25)10-15)22(31)28-13-16-7-9-20(26)27-12-16/h6-10,12,14,19,21H,5,11,13H2,1-4H3,(H2,26,27)(H,28,31)(H,29,32)/t14?,19-,21+/m0/s1. The molecule has 32 heavy (non-hydrogen) atoms. The maximum Gasteiger partial charge on any atom is 0.243 e. The Morgan fingerprint density at radius 3 is 2.34 bits per heavy atom. The third-order valence-corrected chi connectivity index (χ3v) is 6.12. The predicted molar refractivity (Wildman–Crippen MR) is 130 cm³/mol. The van der Waals surface area contributed by atoms with Gasteiger partial charge in [-0.1, -0.05) is 55.6 Å². The fraction of sp³-hybridized carbons (Fsp3) is 0.435. The lowest BCUT2D eigenvalue weighted by Crippen LogP contribution is -2.54. The summed E-state index contributed by atoms with van der Waals surface area (Å²) in [7, 11) is 3.72. The third kappa shape index (κ3) is 7.36. The SMILES string of the molecule is CCC(C)[C@H](C(=O)N[C@@H](Cc1ccc(Cl)c(Cl)c1)C(=O)NCc1ccc(N)nc1)N(C)C. The minimum atomic E-state index is -0.784. The van der Waals surface area contributed by atoms with Crippen molar-refractivity contribution in [2.75, 3.05) is 19.8 Å². The van der Waals surface area contributed by atoms with Crippen LogP contribution < -0.4 is 16.4 Å². The van der Waals surface area contributed by atoms with Gasteiger partial charge in [-0.15, -0.1) is 0 Å². The Hall–Kier alpha value is -2.35. The molecule has 0 bridgehead atoms. The lowest BCUT2D eigenvalue weighted by molar-refractivity contribution is -0.132. The number of hydrogen-bond donors (Lipinski definition) is 3. The summed E-state index contributed by atoms with van der Waals surface area (Å²) < 4.78 is 0. The van der Waals surface area contributed by atoms with Crippen LogP contribution >= 0.6 is 23.2 Å². The monoisotopic (exact) mass is 479 g/mol. The maximum atomic E-state index is 13.1. The van der Waals surface area contributed by atoms with Gasteiger partial charge in [0.05, 0.1) is 16.1 Å². The fourth-order valence-electron chi connectivity index (χ4n) is 3.45. The highest BCUT2D eigenvalue weighted by Gasteiger charge is 2.30. The van der Waals surface area contributed by atoms with E-state index in [1.807, 2.05) is 32.8 Å². The summed E-state index contributed by atoms with van der Waals surface area (Å²) in [5.41, 5.74) is 7.21. The van der Waals surface area contributed by atoms with Gasteiger partial charge in [0.25, 0.3) is 0 Å². The van der Waals surface area contributed by atoms with Crippen molar-refractivity contribution < 1.29 is 9.59 Å². The summed E-state index contributed by atoms with van der Waals surface area (Å²) in [4.78, 5) is 32.1. The highest BCUT2D eigenvalue weighted by molar-refractivity contribution is 6.42. The normalized spacial score (nSPS) is 14.0. The van der Waals surface area contributed by atoms with Gasteiger partial charge in [-0.25, -0.2) is 4.98 Å². The molecule has 2 aromatic rings. The van der Waals surface area contributed by atoms with Crippen LogP contribution in [-0.4, -0.2) is 47.9 Å². The molecule has 0 aliphatic carbocycles. The molecule has 7 nitrogen and oxygen atoms in total. The molecule has 1 heterocycles.